The Hall–Kier alpha value is -0.871. The number of ether oxygens (including phenoxy) is 2. The molecule has 1 aromatic rings. The van der Waals surface area contributed by atoms with Crippen LogP contribution in [0.15, 0.2) is 30.3 Å². The average Bonchev–Trinajstić information content (AvgIpc) is 2.79. The fraction of sp³-hybridized carbons (Fsp3) is 0.500. The summed E-state index contributed by atoms with van der Waals surface area (Å²) in [5.41, 5.74) is 0. The van der Waals surface area contributed by atoms with E-state index in [1.54, 1.807) is 6.21 Å². The van der Waals surface area contributed by atoms with Crippen molar-refractivity contribution in [3.8, 4) is 0 Å². The summed E-state index contributed by atoms with van der Waals surface area (Å²) < 4.78 is 13.9. The minimum atomic E-state index is -0.578. The molecular formula is C14H17NO3Se. The van der Waals surface area contributed by atoms with Gasteiger partial charge in [-0.25, -0.2) is 0 Å². The SMILES string of the molecule is CC1(C)O[C@H]2[C@H](C=[N+]([O-])[C@H]2C[Se]c2ccccc2)O1. The van der Waals surface area contributed by atoms with E-state index in [0.717, 1.165) is 10.1 Å². The predicted octanol–water partition coefficient (Wildman–Crippen LogP) is 0.918. The number of hydrogen-bond donors (Lipinski definition) is 0. The number of benzene rings is 1. The van der Waals surface area contributed by atoms with Crippen LogP contribution in [0.3, 0.4) is 0 Å². The summed E-state index contributed by atoms with van der Waals surface area (Å²) in [6, 6.07) is 10.2. The normalized spacial score (nSPS) is 32.1. The second kappa shape index (κ2) is 4.91. The molecule has 0 aliphatic carbocycles. The molecule has 0 spiro atoms. The first kappa shape index (κ1) is 13.1. The molecule has 102 valence electrons. The van der Waals surface area contributed by atoms with Crippen LogP contribution < -0.4 is 4.46 Å². The molecule has 4 nitrogen and oxygen atoms in total. The van der Waals surface area contributed by atoms with E-state index >= 15 is 0 Å². The Morgan fingerprint density at radius 2 is 2.00 bits per heavy atom. The maximum atomic E-state index is 11.9. The van der Waals surface area contributed by atoms with Crippen molar-refractivity contribution >= 4 is 25.6 Å². The molecule has 0 N–H and O–H groups in total. The topological polar surface area (TPSA) is 44.5 Å². The molecule has 0 radical (unpaired) electrons. The average molecular weight is 326 g/mol. The molecular weight excluding hydrogens is 309 g/mol. The molecule has 19 heavy (non-hydrogen) atoms. The Morgan fingerprint density at radius 1 is 1.26 bits per heavy atom. The van der Waals surface area contributed by atoms with Crippen LogP contribution in [0.25, 0.3) is 0 Å². The predicted molar refractivity (Wildman–Crippen MR) is 73.9 cm³/mol. The Balaban J connectivity index is 1.67. The van der Waals surface area contributed by atoms with Gasteiger partial charge in [0, 0.05) is 0 Å². The summed E-state index contributed by atoms with van der Waals surface area (Å²) in [6.45, 7) is 3.79. The standard InChI is InChI=1S/C14H17NO3Se/c1-14(2)17-12-8-15(16)11(13(12)18-14)9-19-10-6-4-3-5-7-10/h3-8,11-13H,9H2,1-2H3/t11-,12-,13+/m0/s1. The first-order valence-corrected chi connectivity index (χ1v) is 8.46. The third-order valence-corrected chi connectivity index (χ3v) is 5.66. The number of rotatable bonds is 3. The van der Waals surface area contributed by atoms with E-state index < -0.39 is 5.79 Å². The van der Waals surface area contributed by atoms with Crippen molar-refractivity contribution in [1.82, 2.24) is 0 Å². The Kier molecular flexibility index (Phi) is 3.39. The molecule has 1 saturated heterocycles. The quantitative estimate of drug-likeness (QED) is 0.471. The third kappa shape index (κ3) is 2.70. The number of nitrogens with zero attached hydrogens (tertiary/aromatic N) is 1. The van der Waals surface area contributed by atoms with Crippen LogP contribution in [-0.2, 0) is 9.47 Å². The molecule has 0 saturated carbocycles. The summed E-state index contributed by atoms with van der Waals surface area (Å²) in [5.74, 6) is -0.578. The van der Waals surface area contributed by atoms with Gasteiger partial charge in [0.1, 0.15) is 0 Å². The molecule has 1 aromatic carbocycles. The van der Waals surface area contributed by atoms with Crippen LogP contribution in [-0.4, -0.2) is 49.9 Å². The molecule has 2 aliphatic heterocycles. The molecule has 2 heterocycles. The van der Waals surface area contributed by atoms with E-state index in [1.807, 2.05) is 32.0 Å². The number of hydrogen-bond acceptors (Lipinski definition) is 3. The van der Waals surface area contributed by atoms with E-state index in [-0.39, 0.29) is 33.2 Å². The second-order valence-electron chi connectivity index (χ2n) is 5.27. The molecule has 0 aromatic heterocycles. The van der Waals surface area contributed by atoms with Crippen LogP contribution in [0.5, 0.6) is 0 Å². The van der Waals surface area contributed by atoms with Crippen LogP contribution in [0, 0.1) is 5.21 Å². The van der Waals surface area contributed by atoms with E-state index in [4.69, 9.17) is 9.47 Å². The van der Waals surface area contributed by atoms with Gasteiger partial charge < -0.3 is 0 Å². The zero-order valence-corrected chi connectivity index (χ0v) is 12.7. The monoisotopic (exact) mass is 327 g/mol. The minimum absolute atomic E-state index is 0.119. The number of fused-ring (bicyclic) bond motifs is 1. The van der Waals surface area contributed by atoms with E-state index in [1.165, 1.54) is 4.46 Å². The molecule has 0 amide bonds. The van der Waals surface area contributed by atoms with Crippen molar-refractivity contribution in [2.24, 2.45) is 0 Å². The van der Waals surface area contributed by atoms with Gasteiger partial charge in [-0.15, -0.1) is 0 Å². The molecule has 0 bridgehead atoms. The van der Waals surface area contributed by atoms with Gasteiger partial charge in [0.15, 0.2) is 0 Å². The van der Waals surface area contributed by atoms with E-state index in [2.05, 4.69) is 12.1 Å². The van der Waals surface area contributed by atoms with Gasteiger partial charge in [-0.2, -0.15) is 0 Å². The second-order valence-corrected chi connectivity index (χ2v) is 7.56. The van der Waals surface area contributed by atoms with Crippen LogP contribution in [0.1, 0.15) is 13.8 Å². The molecule has 1 fully saturated rings. The van der Waals surface area contributed by atoms with Crippen LogP contribution in [0.4, 0.5) is 0 Å². The molecule has 3 atom stereocenters. The zero-order chi connectivity index (χ0) is 13.5. The molecule has 3 rings (SSSR count). The summed E-state index contributed by atoms with van der Waals surface area (Å²) >= 11 is 0.285. The fourth-order valence-corrected chi connectivity index (χ4v) is 4.70. The van der Waals surface area contributed by atoms with Gasteiger partial charge >= 0.3 is 119 Å². The summed E-state index contributed by atoms with van der Waals surface area (Å²) in [5, 5.41) is 12.8. The Morgan fingerprint density at radius 3 is 2.74 bits per heavy atom. The summed E-state index contributed by atoms with van der Waals surface area (Å²) in [6.07, 6.45) is 1.30. The van der Waals surface area contributed by atoms with E-state index in [0.29, 0.717) is 0 Å². The van der Waals surface area contributed by atoms with Crippen molar-refractivity contribution in [1.29, 1.82) is 0 Å². The van der Waals surface area contributed by atoms with Gasteiger partial charge in [-0.05, 0) is 0 Å². The summed E-state index contributed by atoms with van der Waals surface area (Å²) in [7, 11) is 0. The first-order chi connectivity index (χ1) is 9.05. The zero-order valence-electron chi connectivity index (χ0n) is 11.0. The summed E-state index contributed by atoms with van der Waals surface area (Å²) in [4.78, 5) is 0. The van der Waals surface area contributed by atoms with Crippen molar-refractivity contribution in [3.63, 3.8) is 0 Å². The number of hydroxylamine groups is 1. The third-order valence-electron chi connectivity index (χ3n) is 3.33. The van der Waals surface area contributed by atoms with E-state index in [9.17, 15) is 5.21 Å². The molecule has 2 aliphatic rings. The fourth-order valence-electron chi connectivity index (χ4n) is 2.50. The van der Waals surface area contributed by atoms with Crippen LogP contribution >= 0.6 is 0 Å². The Labute approximate surface area is 119 Å². The maximum absolute atomic E-state index is 11.9. The van der Waals surface area contributed by atoms with Gasteiger partial charge in [-0.3, -0.25) is 0 Å². The van der Waals surface area contributed by atoms with Gasteiger partial charge in [0.05, 0.1) is 0 Å². The first-order valence-electron chi connectivity index (χ1n) is 6.39. The molecule has 5 heteroatoms. The van der Waals surface area contributed by atoms with Gasteiger partial charge in [0.25, 0.3) is 0 Å². The van der Waals surface area contributed by atoms with Gasteiger partial charge in [0.2, 0.25) is 0 Å². The van der Waals surface area contributed by atoms with Crippen molar-refractivity contribution < 1.29 is 14.2 Å². The van der Waals surface area contributed by atoms with Gasteiger partial charge in [-0.1, -0.05) is 0 Å². The van der Waals surface area contributed by atoms with Crippen molar-refractivity contribution in [3.05, 3.63) is 35.5 Å². The van der Waals surface area contributed by atoms with Crippen molar-refractivity contribution in [2.45, 2.75) is 43.2 Å². The molecule has 0 unspecified atom stereocenters. The van der Waals surface area contributed by atoms with Crippen molar-refractivity contribution in [2.75, 3.05) is 0 Å². The Bertz CT molecular complexity index is 489. The van der Waals surface area contributed by atoms with Crippen LogP contribution in [0.2, 0.25) is 5.32 Å².